The molecule has 0 spiro atoms. The van der Waals surface area contributed by atoms with Crippen LogP contribution in [0.5, 0.6) is 0 Å². The molecule has 0 aromatic rings. The number of hydrogen-bond donors (Lipinski definition) is 0. The van der Waals surface area contributed by atoms with Crippen LogP contribution in [0.25, 0.3) is 0 Å². The van der Waals surface area contributed by atoms with Crippen molar-refractivity contribution in [1.82, 2.24) is 0 Å². The normalized spacial score (nSPS) is 30.4. The molecule has 1 saturated heterocycles. The van der Waals surface area contributed by atoms with E-state index in [1.807, 2.05) is 0 Å². The maximum atomic E-state index is 5.30. The van der Waals surface area contributed by atoms with Crippen LogP contribution in [0.3, 0.4) is 0 Å². The molecule has 0 N–H and O–H groups in total. The second-order valence-corrected chi connectivity index (χ2v) is 3.96. The third-order valence-electron chi connectivity index (χ3n) is 1.02. The molecule has 1 rings (SSSR count). The summed E-state index contributed by atoms with van der Waals surface area (Å²) < 4.78 is 10.3. The summed E-state index contributed by atoms with van der Waals surface area (Å²) in [5, 5.41) is 0. The highest BCUT2D eigenvalue weighted by Crippen LogP contribution is 2.08. The summed E-state index contributed by atoms with van der Waals surface area (Å²) in [6.07, 6.45) is 0.436. The third-order valence-corrected chi connectivity index (χ3v) is 1.35. The van der Waals surface area contributed by atoms with Crippen molar-refractivity contribution in [3.63, 3.8) is 0 Å². The van der Waals surface area contributed by atoms with E-state index in [1.54, 1.807) is 0 Å². The van der Waals surface area contributed by atoms with Gasteiger partial charge in [-0.15, -0.1) is 0 Å². The molecule has 2 unspecified atom stereocenters. The summed E-state index contributed by atoms with van der Waals surface area (Å²) in [6, 6.07) is 0. The first-order valence-corrected chi connectivity index (χ1v) is 4.17. The van der Waals surface area contributed by atoms with Gasteiger partial charge < -0.3 is 9.47 Å². The molecule has 8 heavy (non-hydrogen) atoms. The molecule has 0 bridgehead atoms. The Morgan fingerprint density at radius 2 is 2.62 bits per heavy atom. The van der Waals surface area contributed by atoms with E-state index in [0.29, 0.717) is 11.8 Å². The Morgan fingerprint density at radius 1 is 2.00 bits per heavy atom. The van der Waals surface area contributed by atoms with Gasteiger partial charge in [0, 0.05) is 16.0 Å². The van der Waals surface area contributed by atoms with Crippen molar-refractivity contribution in [1.29, 1.82) is 0 Å². The van der Waals surface area contributed by atoms with Gasteiger partial charge >= 0.3 is 0 Å². The molecule has 48 valence electrons. The zero-order valence-corrected chi connectivity index (χ0v) is 7.39. The molecule has 0 radical (unpaired) electrons. The molecule has 2 atom stereocenters. The van der Waals surface area contributed by atoms with Gasteiger partial charge in [-0.1, -0.05) is 0 Å². The molecule has 2 nitrogen and oxygen atoms in total. The zero-order valence-electron chi connectivity index (χ0n) is 5.39. The van der Waals surface area contributed by atoms with Gasteiger partial charge in [-0.25, -0.2) is 0 Å². The van der Waals surface area contributed by atoms with Gasteiger partial charge in [-0.3, -0.25) is 0 Å². The zero-order chi connectivity index (χ0) is 5.98. The smallest absolute Gasteiger partial charge is 0.104 e. The summed E-state index contributed by atoms with van der Waals surface area (Å²) in [5.74, 6) is 0. The monoisotopic (exact) mass is 132 g/mol. The summed E-state index contributed by atoms with van der Waals surface area (Å²) in [4.78, 5) is 0. The molecular weight excluding hydrogens is 120 g/mol. The van der Waals surface area contributed by atoms with Gasteiger partial charge in [-0.05, 0) is 6.92 Å². The van der Waals surface area contributed by atoms with E-state index in [0.717, 1.165) is 23.5 Å². The van der Waals surface area contributed by atoms with Crippen molar-refractivity contribution in [2.24, 2.45) is 0 Å². The van der Waals surface area contributed by atoms with Crippen LogP contribution in [0.15, 0.2) is 0 Å². The van der Waals surface area contributed by atoms with E-state index in [9.17, 15) is 0 Å². The lowest BCUT2D eigenvalue weighted by atomic mass is 10.5. The predicted octanol–water partition coefficient (Wildman–Crippen LogP) is -0.887. The molecule has 0 aromatic carbocycles. The molecule has 1 aliphatic rings. The number of hydrogen-bond acceptors (Lipinski definition) is 2. The molecule has 1 fully saturated rings. The standard InChI is InChI=1S/C5H12O2Si/c1-4(8)6-2-5-3-7-5/h4-5H,2-3H2,1,8H3. The van der Waals surface area contributed by atoms with Crippen molar-refractivity contribution < 1.29 is 9.47 Å². The van der Waals surface area contributed by atoms with Gasteiger partial charge in [0.1, 0.15) is 6.10 Å². The number of rotatable bonds is 3. The van der Waals surface area contributed by atoms with E-state index in [2.05, 4.69) is 6.92 Å². The fourth-order valence-corrected chi connectivity index (χ4v) is 0.656. The summed E-state index contributed by atoms with van der Waals surface area (Å²) in [6.45, 7) is 3.81. The van der Waals surface area contributed by atoms with Crippen LogP contribution in [0, 0.1) is 0 Å². The first-order chi connectivity index (χ1) is 3.79. The second-order valence-electron chi connectivity index (χ2n) is 2.34. The molecule has 0 saturated carbocycles. The summed E-state index contributed by atoms with van der Waals surface area (Å²) in [5.41, 5.74) is 0.485. The van der Waals surface area contributed by atoms with E-state index in [-0.39, 0.29) is 0 Å². The van der Waals surface area contributed by atoms with Crippen molar-refractivity contribution in [3.8, 4) is 0 Å². The van der Waals surface area contributed by atoms with Crippen LogP contribution in [0.4, 0.5) is 0 Å². The van der Waals surface area contributed by atoms with Crippen molar-refractivity contribution >= 4 is 10.2 Å². The predicted molar refractivity (Wildman–Crippen MR) is 35.1 cm³/mol. The van der Waals surface area contributed by atoms with Gasteiger partial charge in [0.2, 0.25) is 0 Å². The summed E-state index contributed by atoms with van der Waals surface area (Å²) in [7, 11) is 1.12. The van der Waals surface area contributed by atoms with Crippen molar-refractivity contribution in [3.05, 3.63) is 0 Å². The van der Waals surface area contributed by atoms with Crippen LogP contribution in [-0.4, -0.2) is 35.3 Å². The van der Waals surface area contributed by atoms with E-state index in [4.69, 9.17) is 9.47 Å². The van der Waals surface area contributed by atoms with Crippen LogP contribution < -0.4 is 0 Å². The SMILES string of the molecule is CC([SiH3])OCC1CO1. The Balaban J connectivity index is 1.87. The molecule has 1 heterocycles. The maximum Gasteiger partial charge on any atom is 0.104 e. The minimum absolute atomic E-state index is 0.436. The van der Waals surface area contributed by atoms with Gasteiger partial charge in [0.15, 0.2) is 0 Å². The highest BCUT2D eigenvalue weighted by atomic mass is 28.1. The molecule has 1 aliphatic heterocycles. The first kappa shape index (κ1) is 6.26. The Hall–Kier alpha value is 0.137. The Bertz CT molecular complexity index is 68.8. The van der Waals surface area contributed by atoms with E-state index in [1.165, 1.54) is 0 Å². The molecule has 0 aromatic heterocycles. The van der Waals surface area contributed by atoms with Gasteiger partial charge in [0.05, 0.1) is 13.2 Å². The number of ether oxygens (including phenoxy) is 2. The second kappa shape index (κ2) is 2.62. The van der Waals surface area contributed by atoms with Crippen LogP contribution in [0.2, 0.25) is 0 Å². The first-order valence-electron chi connectivity index (χ1n) is 3.02. The van der Waals surface area contributed by atoms with E-state index >= 15 is 0 Å². The van der Waals surface area contributed by atoms with E-state index < -0.39 is 0 Å². The van der Waals surface area contributed by atoms with Crippen LogP contribution in [0.1, 0.15) is 6.92 Å². The largest absolute Gasteiger partial charge is 0.380 e. The van der Waals surface area contributed by atoms with Crippen molar-refractivity contribution in [2.45, 2.75) is 18.8 Å². The lowest BCUT2D eigenvalue weighted by Gasteiger charge is -2.03. The fourth-order valence-electron chi connectivity index (χ4n) is 0.464. The molecule has 3 heteroatoms. The molecule has 0 aliphatic carbocycles. The Morgan fingerprint density at radius 3 is 3.00 bits per heavy atom. The molecular formula is C5H12O2Si. The van der Waals surface area contributed by atoms with Crippen LogP contribution in [-0.2, 0) is 9.47 Å². The highest BCUT2D eigenvalue weighted by Gasteiger charge is 2.22. The highest BCUT2D eigenvalue weighted by molar-refractivity contribution is 6.10. The lowest BCUT2D eigenvalue weighted by Crippen LogP contribution is -2.11. The van der Waals surface area contributed by atoms with Crippen molar-refractivity contribution in [2.75, 3.05) is 13.2 Å². The maximum absolute atomic E-state index is 5.30. The molecule has 0 amide bonds. The Labute approximate surface area is 52.6 Å². The lowest BCUT2D eigenvalue weighted by molar-refractivity contribution is 0.102. The average Bonchev–Trinajstić information content (AvgIpc) is 2.41. The average molecular weight is 132 g/mol. The third kappa shape index (κ3) is 2.45. The topological polar surface area (TPSA) is 21.8 Å². The summed E-state index contributed by atoms with van der Waals surface area (Å²) >= 11 is 0. The minimum Gasteiger partial charge on any atom is -0.380 e. The minimum atomic E-state index is 0.436. The van der Waals surface area contributed by atoms with Crippen LogP contribution >= 0.6 is 0 Å². The Kier molecular flexibility index (Phi) is 2.05. The van der Waals surface area contributed by atoms with Gasteiger partial charge in [0.25, 0.3) is 0 Å². The van der Waals surface area contributed by atoms with Gasteiger partial charge in [-0.2, -0.15) is 0 Å². The quantitative estimate of drug-likeness (QED) is 0.367. The number of epoxide rings is 1. The fraction of sp³-hybridized carbons (Fsp3) is 1.00.